The molecule has 0 spiro atoms. The van der Waals surface area contributed by atoms with Gasteiger partial charge in [0.05, 0.1) is 41.3 Å². The lowest BCUT2D eigenvalue weighted by atomic mass is 9.86. The molecule has 101 heavy (non-hydrogen) atoms. The highest BCUT2D eigenvalue weighted by molar-refractivity contribution is 6.32. The van der Waals surface area contributed by atoms with Crippen LogP contribution in [0.2, 0.25) is 10.0 Å². The van der Waals surface area contributed by atoms with Crippen molar-refractivity contribution in [3.8, 4) is 57.1 Å². The molecule has 7 aliphatic heterocycles. The molecular weight excluding hydrogens is 1370 g/mol. The molecule has 0 aromatic heterocycles. The minimum absolute atomic E-state index is 0.0953. The number of primary amides is 1. The van der Waals surface area contributed by atoms with Gasteiger partial charge in [-0.2, -0.15) is 0 Å². The molecule has 0 saturated carbocycles. The van der Waals surface area contributed by atoms with E-state index in [0.29, 0.717) is 0 Å². The average Bonchev–Trinajstić information content (AvgIpc) is 0.770. The molecule has 2 saturated heterocycles. The van der Waals surface area contributed by atoms with Crippen molar-refractivity contribution in [3.63, 3.8) is 0 Å². The zero-order valence-electron chi connectivity index (χ0n) is 54.3. The van der Waals surface area contributed by atoms with Crippen molar-refractivity contribution in [1.29, 1.82) is 0 Å². The van der Waals surface area contributed by atoms with Crippen LogP contribution in [0.25, 0.3) is 11.1 Å². The SMILES string of the molecule is CN[C@H](CC(C)C)C(=O)N[C@H]1C(=O)N[C@@H](CC(N)=O)C(=O)N[C@H]2C(=O)N[C@H]3C(=O)N[C@H](C(=O)N[C@@H](C(=O)O)c4cc(O)cc(O)c4-c4cc3ccc4O)C(O[C@H]3C[C@](C)(N)[C@@H](O)[C@H](C)O3)c3ccc(c(Cl)c3)Oc3cc2cc(c3OC2O[C@H](CO)[C@@H](O)[C@H](O)[C@H]2O)Oc2ccc(cc2Cl)[C@H]1O. The van der Waals surface area contributed by atoms with Crippen LogP contribution in [0.5, 0.6) is 46.0 Å². The van der Waals surface area contributed by atoms with Crippen LogP contribution < -0.4 is 62.9 Å². The second kappa shape index (κ2) is 30.2. The first-order valence-corrected chi connectivity index (χ1v) is 32.4. The molecule has 18 atom stereocenters. The number of aliphatic hydroxyl groups excluding tert-OH is 6. The van der Waals surface area contributed by atoms with Crippen LogP contribution in [-0.4, -0.2) is 191 Å². The molecule has 5 aromatic carbocycles. The van der Waals surface area contributed by atoms with Crippen LogP contribution >= 0.6 is 23.2 Å². The van der Waals surface area contributed by atoms with Gasteiger partial charge in [-0.25, -0.2) is 4.79 Å². The predicted molar refractivity (Wildman–Crippen MR) is 349 cm³/mol. The summed E-state index contributed by atoms with van der Waals surface area (Å²) in [7, 11) is 1.47. The van der Waals surface area contributed by atoms with Gasteiger partial charge in [-0.1, -0.05) is 55.2 Å². The molecule has 0 aliphatic carbocycles. The van der Waals surface area contributed by atoms with Crippen molar-refractivity contribution in [2.24, 2.45) is 17.4 Å². The van der Waals surface area contributed by atoms with Crippen LogP contribution in [-0.2, 0) is 52.6 Å². The summed E-state index contributed by atoms with van der Waals surface area (Å²) in [6, 6.07) is -0.386. The Morgan fingerprint density at radius 2 is 1.33 bits per heavy atom. The smallest absolute Gasteiger partial charge is 0.330 e. The Labute approximate surface area is 584 Å². The quantitative estimate of drug-likeness (QED) is 0.0743. The maximum Gasteiger partial charge on any atom is 0.330 e. The number of likely N-dealkylation sites (N-methyl/N-ethyl adjacent to an activating group) is 1. The maximum atomic E-state index is 16.1. The molecule has 11 bridgehead atoms. The summed E-state index contributed by atoms with van der Waals surface area (Å²) in [4.78, 5) is 118. The van der Waals surface area contributed by atoms with Gasteiger partial charge in [0.25, 0.3) is 0 Å². The van der Waals surface area contributed by atoms with E-state index in [4.69, 9.17) is 63.1 Å². The van der Waals surface area contributed by atoms with Gasteiger partial charge in [-0.3, -0.25) is 33.6 Å². The van der Waals surface area contributed by atoms with Crippen LogP contribution in [0, 0.1) is 5.92 Å². The third-order valence-corrected chi connectivity index (χ3v) is 18.4. The number of rotatable bonds is 13. The number of phenols is 3. The number of phenolic OH excluding ortho intramolecular Hbond substituents is 3. The molecule has 5 aromatic rings. The van der Waals surface area contributed by atoms with Crippen molar-refractivity contribution in [2.45, 2.75) is 156 Å². The van der Waals surface area contributed by atoms with Gasteiger partial charge in [0.15, 0.2) is 23.8 Å². The number of aliphatic carboxylic acids is 1. The topological polar surface area (TPSA) is 530 Å². The first-order valence-electron chi connectivity index (χ1n) is 31.6. The van der Waals surface area contributed by atoms with Gasteiger partial charge >= 0.3 is 5.97 Å². The zero-order valence-corrected chi connectivity index (χ0v) is 55.8. The first kappa shape index (κ1) is 74.5. The van der Waals surface area contributed by atoms with Crippen molar-refractivity contribution in [3.05, 3.63) is 117 Å². The average molecular weight is 1450 g/mol. The fourth-order valence-electron chi connectivity index (χ4n) is 12.5. The number of halogens is 2. The standard InChI is InChI=1S/C66H75Cl2N9O24/c1-23(2)12-34(71-5)58(88)76-49-51(83)26-7-10-38(32(67)14-26)97-40-16-28-17-41(56(40)101-65-54(86)53(85)52(84)42(22-78)99-65)98-39-11-8-27(15-33(39)68)55(100-44-21-66(4,70)57(87)24(3)96-44)50-63(93)75-48(64(94)95)31-18-29(79)19-37(81)45(31)30-13-25(6-9-36(30)80)46(60(90)77-50)74-61(91)47(28)73-59(89)35(20-43(69)82)72-62(49)92/h6-11,13-19,23-24,34-35,42,44,46-55,57,65,71,78-81,83-87H,12,20-22,70H2,1-5H3,(H2,69,82)(H,72,92)(H,73,89)(H,74,91)(H,75,93)(H,76,88)(H,77,90)(H,94,95)/t24-,34+,35-,42+,44-,46+,47+,48+,49+,50-,51+,52+,53-,54+,55?,57-,65?,66-/m0/s1. The van der Waals surface area contributed by atoms with Gasteiger partial charge in [0.1, 0.15) is 95.6 Å². The van der Waals surface area contributed by atoms with Crippen LogP contribution in [0.4, 0.5) is 0 Å². The summed E-state index contributed by atoms with van der Waals surface area (Å²) in [6.07, 6.45) is -19.0. The van der Waals surface area contributed by atoms with E-state index in [1.54, 1.807) is 0 Å². The summed E-state index contributed by atoms with van der Waals surface area (Å²) >= 11 is 14.2. The molecule has 7 aliphatic rings. The molecule has 7 heterocycles. The van der Waals surface area contributed by atoms with Crippen molar-refractivity contribution >= 4 is 70.5 Å². The number of amides is 7. The van der Waals surface area contributed by atoms with Crippen LogP contribution in [0.15, 0.2) is 78.9 Å². The second-order valence-corrected chi connectivity index (χ2v) is 26.5. The summed E-state index contributed by atoms with van der Waals surface area (Å²) < 4.78 is 38.0. The normalized spacial score (nSPS) is 29.4. The number of aliphatic hydroxyl groups is 6. The summed E-state index contributed by atoms with van der Waals surface area (Å²) in [5.74, 6) is -16.0. The van der Waals surface area contributed by atoms with E-state index >= 15 is 19.2 Å². The summed E-state index contributed by atoms with van der Waals surface area (Å²) in [5.41, 5.74) is 8.15. The number of benzene rings is 5. The number of nitrogens with two attached hydrogens (primary N) is 2. The Bertz CT molecular complexity index is 4070. The lowest BCUT2D eigenvalue weighted by Crippen LogP contribution is -2.61. The number of nitrogens with one attached hydrogen (secondary N) is 7. The molecule has 0 radical (unpaired) electrons. The number of carboxylic acid groups (broad SMARTS) is 1. The van der Waals surface area contributed by atoms with E-state index in [0.717, 1.165) is 54.6 Å². The van der Waals surface area contributed by atoms with E-state index in [-0.39, 0.29) is 52.0 Å². The van der Waals surface area contributed by atoms with Crippen molar-refractivity contribution in [1.82, 2.24) is 37.2 Å². The molecular formula is C66H75Cl2N9O24. The minimum atomic E-state index is -2.35. The molecule has 21 N–H and O–H groups in total. The Kier molecular flexibility index (Phi) is 22.2. The predicted octanol–water partition coefficient (Wildman–Crippen LogP) is 0.106. The van der Waals surface area contributed by atoms with E-state index in [1.165, 1.54) is 45.2 Å². The van der Waals surface area contributed by atoms with Crippen LogP contribution in [0.3, 0.4) is 0 Å². The van der Waals surface area contributed by atoms with Gasteiger partial charge in [-0.15, -0.1) is 0 Å². The highest BCUT2D eigenvalue weighted by Crippen LogP contribution is 2.50. The minimum Gasteiger partial charge on any atom is -0.508 e. The van der Waals surface area contributed by atoms with E-state index < -0.39 is 231 Å². The monoisotopic (exact) mass is 1450 g/mol. The van der Waals surface area contributed by atoms with E-state index in [2.05, 4.69) is 37.2 Å². The molecule has 33 nitrogen and oxygen atoms in total. The molecule has 2 fully saturated rings. The van der Waals surface area contributed by atoms with Crippen LogP contribution in [0.1, 0.15) is 105 Å². The number of ether oxygens (including phenoxy) is 6. The lowest BCUT2D eigenvalue weighted by Gasteiger charge is -2.44. The highest BCUT2D eigenvalue weighted by atomic mass is 35.5. The van der Waals surface area contributed by atoms with Gasteiger partial charge in [0, 0.05) is 34.7 Å². The molecule has 35 heteroatoms. The largest absolute Gasteiger partial charge is 0.508 e. The second-order valence-electron chi connectivity index (χ2n) is 25.7. The fraction of sp³-hybridized carbons (Fsp3) is 0.424. The van der Waals surface area contributed by atoms with Gasteiger partial charge in [-0.05, 0) is 110 Å². The van der Waals surface area contributed by atoms with Gasteiger partial charge < -0.3 is 128 Å². The summed E-state index contributed by atoms with van der Waals surface area (Å²) in [6.45, 7) is 5.60. The number of carboxylic acids is 1. The number of carbonyl (C=O) groups is 8. The molecule has 542 valence electrons. The highest BCUT2D eigenvalue weighted by Gasteiger charge is 2.49. The fourth-order valence-corrected chi connectivity index (χ4v) is 12.9. The maximum absolute atomic E-state index is 16.1. The van der Waals surface area contributed by atoms with Gasteiger partial charge in [0.2, 0.25) is 53.4 Å². The van der Waals surface area contributed by atoms with E-state index in [1.807, 2.05) is 13.8 Å². The lowest BCUT2D eigenvalue weighted by molar-refractivity contribution is -0.277. The molecule has 12 rings (SSSR count). The Balaban J connectivity index is 1.26. The number of carbonyl (C=O) groups excluding carboxylic acids is 7. The number of aromatic hydroxyl groups is 3. The summed E-state index contributed by atoms with van der Waals surface area (Å²) in [5, 5.41) is 129. The first-order chi connectivity index (χ1) is 47.7. The number of fused-ring (bicyclic) bond motifs is 15. The molecule has 2 unspecified atom stereocenters. The molecule has 7 amide bonds. The Hall–Kier alpha value is -9.20. The Morgan fingerprint density at radius 1 is 0.713 bits per heavy atom. The van der Waals surface area contributed by atoms with E-state index in [9.17, 15) is 70.2 Å². The number of hydrogen-bond donors (Lipinski definition) is 19. The van der Waals surface area contributed by atoms with Crippen molar-refractivity contribution in [2.75, 3.05) is 13.7 Å². The van der Waals surface area contributed by atoms with Crippen molar-refractivity contribution < 1.29 is 118 Å². The number of hydrogen-bond acceptors (Lipinski definition) is 25. The third kappa shape index (κ3) is 15.8. The zero-order chi connectivity index (χ0) is 73.5. The third-order valence-electron chi connectivity index (χ3n) is 17.8. The Morgan fingerprint density at radius 3 is 1.93 bits per heavy atom.